The number of hydrogen-bond acceptors (Lipinski definition) is 5. The van der Waals surface area contributed by atoms with Gasteiger partial charge < -0.3 is 10.1 Å². The van der Waals surface area contributed by atoms with Crippen molar-refractivity contribution in [2.24, 2.45) is 0 Å². The first-order chi connectivity index (χ1) is 9.43. The van der Waals surface area contributed by atoms with Crippen LogP contribution >= 0.6 is 0 Å². The highest BCUT2D eigenvalue weighted by Gasteiger charge is 2.18. The molecule has 1 aromatic rings. The fourth-order valence-electron chi connectivity index (χ4n) is 1.35. The number of benzene rings is 1. The smallest absolute Gasteiger partial charge is 0.321 e. The number of nitro benzene ring substituents is 1. The lowest BCUT2D eigenvalue weighted by Gasteiger charge is -2.14. The topological polar surface area (TPSA) is 111 Å². The molecule has 0 heterocycles. The molecule has 0 bridgehead atoms. The molecule has 0 unspecified atom stereocenters. The van der Waals surface area contributed by atoms with Gasteiger partial charge in [-0.25, -0.2) is 4.79 Å². The van der Waals surface area contributed by atoms with Crippen LogP contribution in [0.2, 0.25) is 0 Å². The average molecular weight is 281 g/mol. The van der Waals surface area contributed by atoms with Crippen molar-refractivity contribution in [2.75, 3.05) is 6.54 Å². The van der Waals surface area contributed by atoms with Gasteiger partial charge >= 0.3 is 6.03 Å². The number of ether oxygens (including phenoxy) is 1. The van der Waals surface area contributed by atoms with Crippen LogP contribution in [-0.4, -0.2) is 29.5 Å². The molecule has 0 spiro atoms. The Labute approximate surface area is 115 Å². The fourth-order valence-corrected chi connectivity index (χ4v) is 1.35. The molecule has 0 aliphatic carbocycles. The van der Waals surface area contributed by atoms with Crippen LogP contribution in [0.5, 0.6) is 5.75 Å². The third-order valence-corrected chi connectivity index (χ3v) is 2.28. The van der Waals surface area contributed by atoms with E-state index in [-0.39, 0.29) is 11.4 Å². The minimum atomic E-state index is -0.959. The minimum absolute atomic E-state index is 0.140. The Bertz CT molecular complexity index is 518. The lowest BCUT2D eigenvalue weighted by molar-refractivity contribution is -0.384. The third-order valence-electron chi connectivity index (χ3n) is 2.28. The first-order valence-electron chi connectivity index (χ1n) is 5.93. The van der Waals surface area contributed by atoms with Crippen LogP contribution < -0.4 is 15.4 Å². The van der Waals surface area contributed by atoms with Crippen LogP contribution in [0, 0.1) is 10.1 Å². The Morgan fingerprint density at radius 1 is 1.45 bits per heavy atom. The van der Waals surface area contributed by atoms with E-state index in [0.717, 1.165) is 0 Å². The molecule has 1 atom stereocenters. The van der Waals surface area contributed by atoms with Crippen molar-refractivity contribution in [1.82, 2.24) is 10.6 Å². The standard InChI is InChI=1S/C12H15N3O5/c1-3-13-12(17)14-11(16)8(2)20-10-6-4-5-9(7-10)15(18)19/h4-8H,3H2,1-2H3,(H2,13,14,16,17)/t8-/m0/s1. The highest BCUT2D eigenvalue weighted by atomic mass is 16.6. The van der Waals surface area contributed by atoms with Gasteiger partial charge in [0.1, 0.15) is 5.75 Å². The summed E-state index contributed by atoms with van der Waals surface area (Å²) in [6.07, 6.45) is -0.959. The zero-order chi connectivity index (χ0) is 15.1. The van der Waals surface area contributed by atoms with E-state index < -0.39 is 23.0 Å². The van der Waals surface area contributed by atoms with E-state index in [0.29, 0.717) is 6.54 Å². The van der Waals surface area contributed by atoms with Gasteiger partial charge in [0, 0.05) is 12.6 Å². The SMILES string of the molecule is CCNC(=O)NC(=O)[C@H](C)Oc1cccc([N+](=O)[O-])c1. The molecule has 0 fully saturated rings. The number of imide groups is 1. The molecular formula is C12H15N3O5. The second-order valence-corrected chi connectivity index (χ2v) is 3.86. The summed E-state index contributed by atoms with van der Waals surface area (Å²) in [7, 11) is 0. The van der Waals surface area contributed by atoms with Crippen LogP contribution in [-0.2, 0) is 4.79 Å². The predicted molar refractivity (Wildman–Crippen MR) is 70.4 cm³/mol. The first kappa shape index (κ1) is 15.4. The molecule has 108 valence electrons. The van der Waals surface area contributed by atoms with Crippen LogP contribution in [0.3, 0.4) is 0 Å². The van der Waals surface area contributed by atoms with Gasteiger partial charge in [-0.1, -0.05) is 6.07 Å². The van der Waals surface area contributed by atoms with E-state index in [1.807, 2.05) is 0 Å². The van der Waals surface area contributed by atoms with Crippen LogP contribution in [0.15, 0.2) is 24.3 Å². The number of amides is 3. The van der Waals surface area contributed by atoms with Gasteiger partial charge in [-0.2, -0.15) is 0 Å². The van der Waals surface area contributed by atoms with Gasteiger partial charge in [0.15, 0.2) is 6.10 Å². The monoisotopic (exact) mass is 281 g/mol. The van der Waals surface area contributed by atoms with E-state index >= 15 is 0 Å². The number of nitro groups is 1. The number of urea groups is 1. The molecule has 1 aromatic carbocycles. The number of nitrogens with zero attached hydrogens (tertiary/aromatic N) is 1. The molecule has 0 saturated heterocycles. The Morgan fingerprint density at radius 3 is 2.75 bits per heavy atom. The van der Waals surface area contributed by atoms with E-state index in [1.165, 1.54) is 31.2 Å². The molecular weight excluding hydrogens is 266 g/mol. The Morgan fingerprint density at radius 2 is 2.15 bits per heavy atom. The van der Waals surface area contributed by atoms with Crippen molar-refractivity contribution in [3.8, 4) is 5.75 Å². The van der Waals surface area contributed by atoms with Crippen molar-refractivity contribution in [3.05, 3.63) is 34.4 Å². The van der Waals surface area contributed by atoms with E-state index in [9.17, 15) is 19.7 Å². The summed E-state index contributed by atoms with van der Waals surface area (Å²) in [4.78, 5) is 32.8. The summed E-state index contributed by atoms with van der Waals surface area (Å²) in [5.41, 5.74) is -0.140. The number of hydrogen-bond donors (Lipinski definition) is 2. The van der Waals surface area contributed by atoms with Gasteiger partial charge in [0.25, 0.3) is 11.6 Å². The first-order valence-corrected chi connectivity index (χ1v) is 5.93. The molecule has 20 heavy (non-hydrogen) atoms. The largest absolute Gasteiger partial charge is 0.481 e. The summed E-state index contributed by atoms with van der Waals surface area (Å²) < 4.78 is 5.25. The van der Waals surface area contributed by atoms with Crippen molar-refractivity contribution >= 4 is 17.6 Å². The van der Waals surface area contributed by atoms with Crippen LogP contribution in [0.25, 0.3) is 0 Å². The van der Waals surface area contributed by atoms with Crippen molar-refractivity contribution in [2.45, 2.75) is 20.0 Å². The highest BCUT2D eigenvalue weighted by Crippen LogP contribution is 2.20. The lowest BCUT2D eigenvalue weighted by Crippen LogP contribution is -2.45. The summed E-state index contributed by atoms with van der Waals surface area (Å²) in [6, 6.07) is 4.83. The van der Waals surface area contributed by atoms with E-state index in [2.05, 4.69) is 10.6 Å². The fraction of sp³-hybridized carbons (Fsp3) is 0.333. The van der Waals surface area contributed by atoms with E-state index in [1.54, 1.807) is 6.92 Å². The lowest BCUT2D eigenvalue weighted by atomic mass is 10.3. The normalized spacial score (nSPS) is 11.3. The van der Waals surface area contributed by atoms with Crippen molar-refractivity contribution in [3.63, 3.8) is 0 Å². The van der Waals surface area contributed by atoms with Gasteiger partial charge in [-0.05, 0) is 19.9 Å². The minimum Gasteiger partial charge on any atom is -0.481 e. The Balaban J connectivity index is 2.63. The van der Waals surface area contributed by atoms with Crippen molar-refractivity contribution < 1.29 is 19.2 Å². The Kier molecular flexibility index (Phi) is 5.45. The maximum atomic E-state index is 11.6. The van der Waals surface area contributed by atoms with E-state index in [4.69, 9.17) is 4.74 Å². The highest BCUT2D eigenvalue weighted by molar-refractivity contribution is 5.96. The zero-order valence-electron chi connectivity index (χ0n) is 11.1. The van der Waals surface area contributed by atoms with Gasteiger partial charge in [-0.3, -0.25) is 20.2 Å². The molecule has 0 aliphatic heterocycles. The number of carbonyl (C=O) groups excluding carboxylic acids is 2. The third kappa shape index (κ3) is 4.56. The van der Waals surface area contributed by atoms with Crippen LogP contribution in [0.1, 0.15) is 13.8 Å². The average Bonchev–Trinajstić information content (AvgIpc) is 2.39. The van der Waals surface area contributed by atoms with Gasteiger partial charge in [0.2, 0.25) is 0 Å². The molecule has 0 aromatic heterocycles. The van der Waals surface area contributed by atoms with Crippen LogP contribution in [0.4, 0.5) is 10.5 Å². The molecule has 8 heteroatoms. The molecule has 0 saturated carbocycles. The second-order valence-electron chi connectivity index (χ2n) is 3.86. The molecule has 2 N–H and O–H groups in total. The zero-order valence-corrected chi connectivity index (χ0v) is 11.1. The number of non-ortho nitro benzene ring substituents is 1. The molecule has 0 radical (unpaired) electrons. The number of nitrogens with one attached hydrogen (secondary N) is 2. The molecule has 8 nitrogen and oxygen atoms in total. The summed E-state index contributed by atoms with van der Waals surface area (Å²) >= 11 is 0. The maximum Gasteiger partial charge on any atom is 0.321 e. The molecule has 3 amide bonds. The van der Waals surface area contributed by atoms with Gasteiger partial charge in [-0.15, -0.1) is 0 Å². The molecule has 0 aliphatic rings. The van der Waals surface area contributed by atoms with Gasteiger partial charge in [0.05, 0.1) is 11.0 Å². The summed E-state index contributed by atoms with van der Waals surface area (Å²) in [6.45, 7) is 3.54. The number of carbonyl (C=O) groups is 2. The summed E-state index contributed by atoms with van der Waals surface area (Å²) in [5, 5.41) is 15.1. The quantitative estimate of drug-likeness (QED) is 0.622. The maximum absolute atomic E-state index is 11.6. The van der Waals surface area contributed by atoms with Crippen molar-refractivity contribution in [1.29, 1.82) is 0 Å². The molecule has 1 rings (SSSR count). The number of rotatable bonds is 5. The Hall–Kier alpha value is -2.64. The second kappa shape index (κ2) is 7.07. The predicted octanol–water partition coefficient (Wildman–Crippen LogP) is 1.21. The summed E-state index contributed by atoms with van der Waals surface area (Å²) in [5.74, 6) is -0.458.